The molecule has 0 fully saturated rings. The first-order valence-electron chi connectivity index (χ1n) is 8.02. The van der Waals surface area contributed by atoms with Gasteiger partial charge in [-0.3, -0.25) is 9.89 Å². The van der Waals surface area contributed by atoms with Gasteiger partial charge in [0.2, 0.25) is 11.1 Å². The maximum Gasteiger partial charge on any atom is 0.237 e. The number of carbonyl (C=O) groups excluding carboxylic acids is 1. The minimum Gasteiger partial charge on any atom is -0.325 e. The zero-order chi connectivity index (χ0) is 18.5. The standard InChI is InChI=1S/C19H17N5OS/c1-12-3-7-15(8-4-12)17-22-19(24-23-17)26-13(2)18(25)21-16-9-5-14(11-20)6-10-16/h3-10,13H,1-2H3,(H,21,25)(H,22,23,24)/t13-/m0/s1. The van der Waals surface area contributed by atoms with E-state index >= 15 is 0 Å². The van der Waals surface area contributed by atoms with Gasteiger partial charge in [0.05, 0.1) is 16.9 Å². The summed E-state index contributed by atoms with van der Waals surface area (Å²) in [6, 6.07) is 16.8. The monoisotopic (exact) mass is 363 g/mol. The molecule has 0 radical (unpaired) electrons. The van der Waals surface area contributed by atoms with Gasteiger partial charge < -0.3 is 5.32 Å². The second-order valence-corrected chi connectivity index (χ2v) is 7.08. The Morgan fingerprint density at radius 2 is 1.88 bits per heavy atom. The van der Waals surface area contributed by atoms with Gasteiger partial charge in [0.25, 0.3) is 0 Å². The fourth-order valence-corrected chi connectivity index (χ4v) is 2.95. The van der Waals surface area contributed by atoms with Crippen molar-refractivity contribution in [2.75, 3.05) is 5.32 Å². The van der Waals surface area contributed by atoms with Crippen LogP contribution >= 0.6 is 11.8 Å². The van der Waals surface area contributed by atoms with Crippen molar-refractivity contribution in [3.8, 4) is 17.5 Å². The van der Waals surface area contributed by atoms with Gasteiger partial charge >= 0.3 is 0 Å². The van der Waals surface area contributed by atoms with Crippen LogP contribution < -0.4 is 5.32 Å². The third kappa shape index (κ3) is 4.29. The summed E-state index contributed by atoms with van der Waals surface area (Å²) in [5, 5.41) is 18.9. The molecule has 0 saturated heterocycles. The lowest BCUT2D eigenvalue weighted by atomic mass is 10.1. The van der Waals surface area contributed by atoms with Crippen LogP contribution in [0.4, 0.5) is 5.69 Å². The van der Waals surface area contributed by atoms with Gasteiger partial charge in [0.15, 0.2) is 5.82 Å². The molecule has 2 N–H and O–H groups in total. The number of aryl methyl sites for hydroxylation is 1. The second kappa shape index (κ2) is 7.85. The van der Waals surface area contributed by atoms with Gasteiger partial charge in [-0.05, 0) is 38.1 Å². The lowest BCUT2D eigenvalue weighted by Crippen LogP contribution is -2.22. The molecule has 0 saturated carbocycles. The number of benzene rings is 2. The molecule has 26 heavy (non-hydrogen) atoms. The Morgan fingerprint density at radius 1 is 1.19 bits per heavy atom. The van der Waals surface area contributed by atoms with E-state index in [4.69, 9.17) is 5.26 Å². The lowest BCUT2D eigenvalue weighted by molar-refractivity contribution is -0.115. The minimum absolute atomic E-state index is 0.151. The fraction of sp³-hybridized carbons (Fsp3) is 0.158. The molecule has 0 spiro atoms. The second-order valence-electron chi connectivity index (χ2n) is 5.77. The number of nitrogens with one attached hydrogen (secondary N) is 2. The van der Waals surface area contributed by atoms with Gasteiger partial charge in [0.1, 0.15) is 0 Å². The number of nitrogens with zero attached hydrogens (tertiary/aromatic N) is 3. The van der Waals surface area contributed by atoms with Crippen LogP contribution in [0.3, 0.4) is 0 Å². The predicted molar refractivity (Wildman–Crippen MR) is 102 cm³/mol. The Kier molecular flexibility index (Phi) is 5.34. The molecule has 3 aromatic rings. The highest BCUT2D eigenvalue weighted by molar-refractivity contribution is 8.00. The highest BCUT2D eigenvalue weighted by Gasteiger charge is 2.17. The van der Waals surface area contributed by atoms with Gasteiger partial charge in [-0.15, -0.1) is 5.10 Å². The molecule has 1 atom stereocenters. The van der Waals surface area contributed by atoms with Crippen molar-refractivity contribution in [3.05, 3.63) is 59.7 Å². The number of aromatic amines is 1. The van der Waals surface area contributed by atoms with Crippen LogP contribution in [0.25, 0.3) is 11.4 Å². The molecule has 6 nitrogen and oxygen atoms in total. The number of carbonyl (C=O) groups is 1. The number of nitriles is 1. The number of hydrogen-bond acceptors (Lipinski definition) is 5. The maximum absolute atomic E-state index is 12.3. The zero-order valence-electron chi connectivity index (χ0n) is 14.4. The molecular formula is C19H17N5OS. The molecule has 130 valence electrons. The first-order chi connectivity index (χ1) is 12.5. The van der Waals surface area contributed by atoms with Crippen molar-refractivity contribution < 1.29 is 4.79 Å². The molecule has 2 aromatic carbocycles. The van der Waals surface area contributed by atoms with E-state index in [2.05, 4.69) is 20.5 Å². The summed E-state index contributed by atoms with van der Waals surface area (Å²) in [6.07, 6.45) is 0. The number of aromatic nitrogens is 3. The molecular weight excluding hydrogens is 346 g/mol. The Balaban J connectivity index is 1.62. The van der Waals surface area contributed by atoms with Crippen LogP contribution in [0.15, 0.2) is 53.7 Å². The third-order valence-electron chi connectivity index (χ3n) is 3.72. The maximum atomic E-state index is 12.3. The smallest absolute Gasteiger partial charge is 0.237 e. The SMILES string of the molecule is Cc1ccc(-c2nc(S[C@@H](C)C(=O)Nc3ccc(C#N)cc3)n[nH]2)cc1. The average Bonchev–Trinajstić information content (AvgIpc) is 3.11. The Bertz CT molecular complexity index is 941. The van der Waals surface area contributed by atoms with E-state index in [1.54, 1.807) is 31.2 Å². The van der Waals surface area contributed by atoms with E-state index in [1.807, 2.05) is 37.3 Å². The van der Waals surface area contributed by atoms with Crippen LogP contribution in [0.5, 0.6) is 0 Å². The van der Waals surface area contributed by atoms with Crippen LogP contribution in [-0.4, -0.2) is 26.3 Å². The number of rotatable bonds is 5. The van der Waals surface area contributed by atoms with E-state index in [9.17, 15) is 4.79 Å². The minimum atomic E-state index is -0.368. The third-order valence-corrected chi connectivity index (χ3v) is 4.68. The van der Waals surface area contributed by atoms with E-state index < -0.39 is 0 Å². The van der Waals surface area contributed by atoms with Crippen molar-refractivity contribution in [1.82, 2.24) is 15.2 Å². The lowest BCUT2D eigenvalue weighted by Gasteiger charge is -2.10. The van der Waals surface area contributed by atoms with Crippen molar-refractivity contribution in [2.24, 2.45) is 0 Å². The van der Waals surface area contributed by atoms with Crippen LogP contribution in [0.1, 0.15) is 18.1 Å². The summed E-state index contributed by atoms with van der Waals surface area (Å²) in [5.74, 6) is 0.522. The summed E-state index contributed by atoms with van der Waals surface area (Å²) in [5.41, 5.74) is 3.33. The fourth-order valence-electron chi connectivity index (χ4n) is 2.22. The largest absolute Gasteiger partial charge is 0.325 e. The van der Waals surface area contributed by atoms with Crippen LogP contribution in [0, 0.1) is 18.3 Å². The van der Waals surface area contributed by atoms with Crippen molar-refractivity contribution in [2.45, 2.75) is 24.3 Å². The molecule has 1 aromatic heterocycles. The summed E-state index contributed by atoms with van der Waals surface area (Å²) in [4.78, 5) is 16.8. The first kappa shape index (κ1) is 17.7. The topological polar surface area (TPSA) is 94.5 Å². The number of amides is 1. The average molecular weight is 363 g/mol. The number of anilines is 1. The van der Waals surface area contributed by atoms with Crippen molar-refractivity contribution in [3.63, 3.8) is 0 Å². The Morgan fingerprint density at radius 3 is 2.54 bits per heavy atom. The molecule has 0 unspecified atom stereocenters. The molecule has 1 amide bonds. The molecule has 0 aliphatic heterocycles. The van der Waals surface area contributed by atoms with Gasteiger partial charge in [-0.2, -0.15) is 5.26 Å². The summed E-state index contributed by atoms with van der Waals surface area (Å²) < 4.78 is 0. The van der Waals surface area contributed by atoms with E-state index in [1.165, 1.54) is 17.3 Å². The van der Waals surface area contributed by atoms with Gasteiger partial charge in [-0.25, -0.2) is 4.98 Å². The Hall–Kier alpha value is -3.11. The Labute approximate surface area is 155 Å². The van der Waals surface area contributed by atoms with Crippen LogP contribution in [0.2, 0.25) is 0 Å². The number of thioether (sulfide) groups is 1. The number of H-pyrrole nitrogens is 1. The summed E-state index contributed by atoms with van der Waals surface area (Å²) >= 11 is 1.28. The van der Waals surface area contributed by atoms with Crippen molar-refractivity contribution in [1.29, 1.82) is 5.26 Å². The van der Waals surface area contributed by atoms with Gasteiger partial charge in [-0.1, -0.05) is 41.6 Å². The highest BCUT2D eigenvalue weighted by Crippen LogP contribution is 2.24. The molecule has 3 rings (SSSR count). The van der Waals surface area contributed by atoms with E-state index in [0.717, 1.165) is 5.56 Å². The summed E-state index contributed by atoms with van der Waals surface area (Å²) in [7, 11) is 0. The molecule has 0 aliphatic carbocycles. The van der Waals surface area contributed by atoms with Crippen LogP contribution in [-0.2, 0) is 4.79 Å². The van der Waals surface area contributed by atoms with E-state index in [-0.39, 0.29) is 11.2 Å². The molecule has 7 heteroatoms. The number of hydrogen-bond donors (Lipinski definition) is 2. The van der Waals surface area contributed by atoms with Gasteiger partial charge in [0, 0.05) is 11.3 Å². The highest BCUT2D eigenvalue weighted by atomic mass is 32.2. The normalized spacial score (nSPS) is 11.6. The first-order valence-corrected chi connectivity index (χ1v) is 8.90. The van der Waals surface area contributed by atoms with Crippen molar-refractivity contribution >= 4 is 23.4 Å². The zero-order valence-corrected chi connectivity index (χ0v) is 15.2. The van der Waals surface area contributed by atoms with E-state index in [0.29, 0.717) is 22.2 Å². The quantitative estimate of drug-likeness (QED) is 0.673. The molecule has 0 aliphatic rings. The predicted octanol–water partition coefficient (Wildman–Crippen LogP) is 3.77. The molecule has 1 heterocycles. The summed E-state index contributed by atoms with van der Waals surface area (Å²) in [6.45, 7) is 3.82. The molecule has 0 bridgehead atoms.